The van der Waals surface area contributed by atoms with E-state index in [1.165, 1.54) is 12.1 Å². The van der Waals surface area contributed by atoms with Gasteiger partial charge in [-0.1, -0.05) is 30.8 Å². The van der Waals surface area contributed by atoms with Gasteiger partial charge < -0.3 is 5.11 Å². The maximum absolute atomic E-state index is 12.7. The van der Waals surface area contributed by atoms with Gasteiger partial charge in [0.1, 0.15) is 5.76 Å². The Bertz CT molecular complexity index is 883. The summed E-state index contributed by atoms with van der Waals surface area (Å²) in [5.74, 6) is -0.0492. The minimum atomic E-state index is -4.36. The smallest absolute Gasteiger partial charge is 0.416 e. The topological polar surface area (TPSA) is 33.1 Å². The molecule has 0 unspecified atom stereocenters. The molecule has 2 nitrogen and oxygen atoms in total. The number of hydrogen-bond acceptors (Lipinski definition) is 2. The van der Waals surface area contributed by atoms with Crippen LogP contribution in [0.4, 0.5) is 13.2 Å². The van der Waals surface area contributed by atoms with Gasteiger partial charge in [-0.05, 0) is 29.1 Å². The molecule has 0 bridgehead atoms. The fraction of sp³-hybridized carbons (Fsp3) is 0.0556. The molecule has 3 rings (SSSR count). The second-order valence-electron chi connectivity index (χ2n) is 5.14. The molecule has 0 spiro atoms. The lowest BCUT2D eigenvalue weighted by molar-refractivity contribution is -0.137. The third-order valence-electron chi connectivity index (χ3n) is 3.62. The van der Waals surface area contributed by atoms with Crippen LogP contribution in [0.15, 0.2) is 61.4 Å². The first-order valence-corrected chi connectivity index (χ1v) is 6.80. The van der Waals surface area contributed by atoms with E-state index in [1.54, 1.807) is 30.6 Å². The molecule has 23 heavy (non-hydrogen) atoms. The van der Waals surface area contributed by atoms with Crippen molar-refractivity contribution in [1.29, 1.82) is 0 Å². The second kappa shape index (κ2) is 5.43. The molecular weight excluding hydrogens is 303 g/mol. The molecule has 0 fully saturated rings. The van der Waals surface area contributed by atoms with Crippen molar-refractivity contribution in [1.82, 2.24) is 4.98 Å². The molecule has 0 amide bonds. The van der Waals surface area contributed by atoms with Crippen LogP contribution in [0.3, 0.4) is 0 Å². The molecule has 1 heterocycles. The van der Waals surface area contributed by atoms with E-state index in [9.17, 15) is 18.3 Å². The van der Waals surface area contributed by atoms with E-state index >= 15 is 0 Å². The predicted octanol–water partition coefficient (Wildman–Crippen LogP) is 5.45. The third-order valence-corrected chi connectivity index (χ3v) is 3.62. The molecule has 0 aliphatic carbocycles. The number of pyridine rings is 1. The molecule has 3 aromatic rings. The first-order chi connectivity index (χ1) is 10.9. The summed E-state index contributed by atoms with van der Waals surface area (Å²) in [6.45, 7) is 3.47. The van der Waals surface area contributed by atoms with Crippen LogP contribution in [0.1, 0.15) is 11.1 Å². The number of aliphatic hydroxyl groups is 1. The number of halogens is 3. The molecule has 0 saturated heterocycles. The molecule has 0 saturated carbocycles. The van der Waals surface area contributed by atoms with Crippen LogP contribution in [0.2, 0.25) is 0 Å². The van der Waals surface area contributed by atoms with Crippen LogP contribution in [0.25, 0.3) is 27.7 Å². The zero-order valence-electron chi connectivity index (χ0n) is 11.9. The minimum absolute atomic E-state index is 0.0492. The van der Waals surface area contributed by atoms with Gasteiger partial charge in [-0.3, -0.25) is 4.98 Å². The Hall–Kier alpha value is -2.82. The lowest BCUT2D eigenvalue weighted by Gasteiger charge is -2.10. The van der Waals surface area contributed by atoms with Gasteiger partial charge in [0.05, 0.1) is 5.56 Å². The van der Waals surface area contributed by atoms with E-state index in [1.807, 2.05) is 0 Å². The van der Waals surface area contributed by atoms with Crippen LogP contribution in [-0.4, -0.2) is 10.1 Å². The van der Waals surface area contributed by atoms with Gasteiger partial charge in [0.2, 0.25) is 0 Å². The van der Waals surface area contributed by atoms with Gasteiger partial charge >= 0.3 is 6.18 Å². The highest BCUT2D eigenvalue weighted by molar-refractivity contribution is 5.96. The zero-order valence-corrected chi connectivity index (χ0v) is 11.9. The Kier molecular flexibility index (Phi) is 3.56. The van der Waals surface area contributed by atoms with E-state index in [0.29, 0.717) is 11.1 Å². The fourth-order valence-corrected chi connectivity index (χ4v) is 2.42. The number of nitrogens with zero attached hydrogens (tertiary/aromatic N) is 1. The molecule has 116 valence electrons. The van der Waals surface area contributed by atoms with Crippen LogP contribution in [-0.2, 0) is 6.18 Å². The molecule has 5 heteroatoms. The maximum atomic E-state index is 12.7. The molecule has 0 aliphatic heterocycles. The average Bonchev–Trinajstić information content (AvgIpc) is 2.53. The predicted molar refractivity (Wildman–Crippen MR) is 83.8 cm³/mol. The van der Waals surface area contributed by atoms with E-state index < -0.39 is 11.7 Å². The summed E-state index contributed by atoms with van der Waals surface area (Å²) in [5.41, 5.74) is 1.26. The SMILES string of the molecule is C=C(O)c1ccc2c(-c3ccc(C(F)(F)F)cc3)cncc2c1. The number of fused-ring (bicyclic) bond motifs is 1. The minimum Gasteiger partial charge on any atom is -0.508 e. The Labute approximate surface area is 130 Å². The van der Waals surface area contributed by atoms with Gasteiger partial charge in [-0.25, -0.2) is 0 Å². The van der Waals surface area contributed by atoms with Crippen molar-refractivity contribution in [3.63, 3.8) is 0 Å². The van der Waals surface area contributed by atoms with Gasteiger partial charge in [0.15, 0.2) is 0 Å². The second-order valence-corrected chi connectivity index (χ2v) is 5.14. The summed E-state index contributed by atoms with van der Waals surface area (Å²) in [4.78, 5) is 4.13. The monoisotopic (exact) mass is 315 g/mol. The summed E-state index contributed by atoms with van der Waals surface area (Å²) in [6.07, 6.45) is -1.11. The van der Waals surface area contributed by atoms with Crippen molar-refractivity contribution in [2.24, 2.45) is 0 Å². The van der Waals surface area contributed by atoms with Crippen LogP contribution in [0.5, 0.6) is 0 Å². The molecule has 0 radical (unpaired) electrons. The molecular formula is C18H12F3NO. The standard InChI is InChI=1S/C18H12F3NO/c1-11(23)13-4-7-16-14(8-13)9-22-10-17(16)12-2-5-15(6-3-12)18(19,20)21/h2-10,23H,1H2. The van der Waals surface area contributed by atoms with E-state index in [0.717, 1.165) is 28.5 Å². The van der Waals surface area contributed by atoms with Crippen molar-refractivity contribution in [2.45, 2.75) is 6.18 Å². The Morgan fingerprint density at radius 2 is 1.70 bits per heavy atom. The number of benzene rings is 2. The average molecular weight is 315 g/mol. The van der Waals surface area contributed by atoms with E-state index in [4.69, 9.17) is 0 Å². The van der Waals surface area contributed by atoms with Gasteiger partial charge in [-0.2, -0.15) is 13.2 Å². The van der Waals surface area contributed by atoms with Gasteiger partial charge in [-0.15, -0.1) is 0 Å². The van der Waals surface area contributed by atoms with Crippen molar-refractivity contribution in [3.8, 4) is 11.1 Å². The highest BCUT2D eigenvalue weighted by Crippen LogP contribution is 2.33. The molecule has 1 aromatic heterocycles. The highest BCUT2D eigenvalue weighted by atomic mass is 19.4. The van der Waals surface area contributed by atoms with Crippen molar-refractivity contribution < 1.29 is 18.3 Å². The van der Waals surface area contributed by atoms with Crippen LogP contribution in [0, 0.1) is 0 Å². The third kappa shape index (κ3) is 2.90. The van der Waals surface area contributed by atoms with Gasteiger partial charge in [0.25, 0.3) is 0 Å². The lowest BCUT2D eigenvalue weighted by Crippen LogP contribution is -2.04. The fourth-order valence-electron chi connectivity index (χ4n) is 2.42. The summed E-state index contributed by atoms with van der Waals surface area (Å²) in [5, 5.41) is 11.1. The summed E-state index contributed by atoms with van der Waals surface area (Å²) < 4.78 is 38.0. The Morgan fingerprint density at radius 1 is 1.00 bits per heavy atom. The van der Waals surface area contributed by atoms with Crippen molar-refractivity contribution in [3.05, 3.63) is 72.6 Å². The lowest BCUT2D eigenvalue weighted by atomic mass is 9.98. The number of alkyl halides is 3. The number of rotatable bonds is 2. The quantitative estimate of drug-likeness (QED) is 0.638. The highest BCUT2D eigenvalue weighted by Gasteiger charge is 2.30. The van der Waals surface area contributed by atoms with Crippen LogP contribution >= 0.6 is 0 Å². The van der Waals surface area contributed by atoms with Crippen molar-refractivity contribution >= 4 is 16.5 Å². The maximum Gasteiger partial charge on any atom is 0.416 e. The zero-order chi connectivity index (χ0) is 16.6. The normalized spacial score (nSPS) is 11.6. The molecule has 2 aromatic carbocycles. The molecule has 1 N–H and O–H groups in total. The molecule has 0 aliphatic rings. The molecule has 0 atom stereocenters. The number of aliphatic hydroxyl groups excluding tert-OH is 1. The first-order valence-electron chi connectivity index (χ1n) is 6.80. The number of aromatic nitrogens is 1. The number of hydrogen-bond donors (Lipinski definition) is 1. The first kappa shape index (κ1) is 15.1. The Morgan fingerprint density at radius 3 is 2.30 bits per heavy atom. The summed E-state index contributed by atoms with van der Waals surface area (Å²) in [7, 11) is 0. The summed E-state index contributed by atoms with van der Waals surface area (Å²) >= 11 is 0. The van der Waals surface area contributed by atoms with Gasteiger partial charge in [0, 0.05) is 28.9 Å². The van der Waals surface area contributed by atoms with Crippen molar-refractivity contribution in [2.75, 3.05) is 0 Å². The Balaban J connectivity index is 2.11. The van der Waals surface area contributed by atoms with Crippen LogP contribution < -0.4 is 0 Å². The largest absolute Gasteiger partial charge is 0.508 e. The van der Waals surface area contributed by atoms with E-state index in [-0.39, 0.29) is 5.76 Å². The summed E-state index contributed by atoms with van der Waals surface area (Å²) in [6, 6.07) is 10.2. The van der Waals surface area contributed by atoms with E-state index in [2.05, 4.69) is 11.6 Å².